The molecule has 180 valence electrons. The summed E-state index contributed by atoms with van der Waals surface area (Å²) >= 11 is 0. The van der Waals surface area contributed by atoms with Crippen LogP contribution in [0.1, 0.15) is 28.4 Å². The Hall–Kier alpha value is -4.00. The number of amides is 3. The van der Waals surface area contributed by atoms with Gasteiger partial charge in [-0.3, -0.25) is 14.4 Å². The van der Waals surface area contributed by atoms with Crippen molar-refractivity contribution in [3.05, 3.63) is 101 Å². The van der Waals surface area contributed by atoms with E-state index >= 15 is 0 Å². The predicted molar refractivity (Wildman–Crippen MR) is 132 cm³/mol. The second kappa shape index (κ2) is 11.0. The molecule has 0 bridgehead atoms. The zero-order valence-electron chi connectivity index (χ0n) is 19.7. The molecule has 0 N–H and O–H groups in total. The molecule has 0 spiro atoms. The molecule has 3 amide bonds. The number of anilines is 1. The topological polar surface area (TPSA) is 60.9 Å². The van der Waals surface area contributed by atoms with E-state index in [1.54, 1.807) is 27.7 Å². The fraction of sp³-hybridized carbons (Fsp3) is 0.250. The fourth-order valence-electron chi connectivity index (χ4n) is 4.17. The van der Waals surface area contributed by atoms with E-state index in [9.17, 15) is 18.8 Å². The summed E-state index contributed by atoms with van der Waals surface area (Å²) in [6, 6.07) is 22.6. The van der Waals surface area contributed by atoms with Gasteiger partial charge in [0, 0.05) is 44.4 Å². The number of rotatable bonds is 6. The number of benzene rings is 3. The highest BCUT2D eigenvalue weighted by Crippen LogP contribution is 2.22. The summed E-state index contributed by atoms with van der Waals surface area (Å²) in [5, 5.41) is 0. The van der Waals surface area contributed by atoms with Crippen LogP contribution < -0.4 is 4.90 Å². The molecule has 3 aromatic rings. The predicted octanol–water partition coefficient (Wildman–Crippen LogP) is 3.91. The number of carbonyl (C=O) groups excluding carboxylic acids is 3. The third-order valence-electron chi connectivity index (χ3n) is 6.18. The van der Waals surface area contributed by atoms with Crippen molar-refractivity contribution in [2.75, 3.05) is 31.1 Å². The van der Waals surface area contributed by atoms with Gasteiger partial charge in [0.15, 0.2) is 0 Å². The summed E-state index contributed by atoms with van der Waals surface area (Å²) in [6.45, 7) is 4.04. The van der Waals surface area contributed by atoms with Gasteiger partial charge in [0.25, 0.3) is 5.91 Å². The third kappa shape index (κ3) is 6.12. The standard InChI is InChI=1S/C28H28FN3O3/c1-21(33)30-14-16-31(17-15-30)27(34)18-22-10-12-26(13-11-22)32(20-23-6-3-2-4-7-23)28(35)24-8-5-9-25(29)19-24/h2-13,19H,14-18,20H2,1H3. The van der Waals surface area contributed by atoms with Gasteiger partial charge in [0.05, 0.1) is 13.0 Å². The van der Waals surface area contributed by atoms with Crippen LogP contribution in [0.4, 0.5) is 10.1 Å². The first-order valence-electron chi connectivity index (χ1n) is 11.6. The minimum atomic E-state index is -0.464. The van der Waals surface area contributed by atoms with E-state index in [1.165, 1.54) is 18.2 Å². The smallest absolute Gasteiger partial charge is 0.258 e. The van der Waals surface area contributed by atoms with E-state index in [0.717, 1.165) is 11.1 Å². The van der Waals surface area contributed by atoms with Gasteiger partial charge in [-0.2, -0.15) is 0 Å². The number of piperazine rings is 1. The van der Waals surface area contributed by atoms with Crippen molar-refractivity contribution in [1.82, 2.24) is 9.80 Å². The molecule has 1 fully saturated rings. The van der Waals surface area contributed by atoms with Crippen LogP contribution in [0.25, 0.3) is 0 Å². The van der Waals surface area contributed by atoms with Gasteiger partial charge in [-0.1, -0.05) is 48.5 Å². The summed E-state index contributed by atoms with van der Waals surface area (Å²) in [4.78, 5) is 42.7. The molecule has 0 aromatic heterocycles. The highest BCUT2D eigenvalue weighted by molar-refractivity contribution is 6.06. The van der Waals surface area contributed by atoms with Crippen molar-refractivity contribution < 1.29 is 18.8 Å². The molecule has 1 aliphatic rings. The molecule has 1 saturated heterocycles. The lowest BCUT2D eigenvalue weighted by Gasteiger charge is -2.34. The Kier molecular flexibility index (Phi) is 7.55. The van der Waals surface area contributed by atoms with E-state index in [0.29, 0.717) is 38.4 Å². The molecule has 6 nitrogen and oxygen atoms in total. The molecule has 0 atom stereocenters. The van der Waals surface area contributed by atoms with Gasteiger partial charge in [0.1, 0.15) is 5.82 Å². The fourth-order valence-corrected chi connectivity index (χ4v) is 4.17. The van der Waals surface area contributed by atoms with E-state index in [-0.39, 0.29) is 29.7 Å². The van der Waals surface area contributed by atoms with Crippen LogP contribution in [0.2, 0.25) is 0 Å². The molecule has 1 aliphatic heterocycles. The Bertz CT molecular complexity index is 1190. The maximum Gasteiger partial charge on any atom is 0.258 e. The van der Waals surface area contributed by atoms with E-state index < -0.39 is 5.82 Å². The van der Waals surface area contributed by atoms with Crippen molar-refractivity contribution in [1.29, 1.82) is 0 Å². The average molecular weight is 474 g/mol. The van der Waals surface area contributed by atoms with Crippen LogP contribution in [0.5, 0.6) is 0 Å². The molecular formula is C28H28FN3O3. The maximum absolute atomic E-state index is 13.8. The SMILES string of the molecule is CC(=O)N1CCN(C(=O)Cc2ccc(N(Cc3ccccc3)C(=O)c3cccc(F)c3)cc2)CC1. The number of hydrogen-bond acceptors (Lipinski definition) is 3. The summed E-state index contributed by atoms with van der Waals surface area (Å²) in [5.74, 6) is -0.729. The summed E-state index contributed by atoms with van der Waals surface area (Å²) < 4.78 is 13.8. The minimum Gasteiger partial charge on any atom is -0.339 e. The van der Waals surface area contributed by atoms with Crippen molar-refractivity contribution >= 4 is 23.4 Å². The quantitative estimate of drug-likeness (QED) is 0.546. The number of nitrogens with zero attached hydrogens (tertiary/aromatic N) is 3. The van der Waals surface area contributed by atoms with Crippen LogP contribution in [-0.2, 0) is 22.6 Å². The average Bonchev–Trinajstić information content (AvgIpc) is 2.88. The van der Waals surface area contributed by atoms with Gasteiger partial charge in [-0.05, 0) is 41.5 Å². The Morgan fingerprint density at radius 2 is 1.46 bits per heavy atom. The largest absolute Gasteiger partial charge is 0.339 e. The second-order valence-corrected chi connectivity index (χ2v) is 8.62. The first-order valence-corrected chi connectivity index (χ1v) is 11.6. The lowest BCUT2D eigenvalue weighted by molar-refractivity contribution is -0.138. The molecule has 0 aliphatic carbocycles. The monoisotopic (exact) mass is 473 g/mol. The van der Waals surface area contributed by atoms with E-state index in [2.05, 4.69) is 0 Å². The minimum absolute atomic E-state index is 0.0120. The van der Waals surface area contributed by atoms with Crippen LogP contribution >= 0.6 is 0 Å². The lowest BCUT2D eigenvalue weighted by Crippen LogP contribution is -2.50. The molecule has 3 aromatic carbocycles. The van der Waals surface area contributed by atoms with Crippen molar-refractivity contribution in [2.45, 2.75) is 19.9 Å². The van der Waals surface area contributed by atoms with Crippen LogP contribution in [0.15, 0.2) is 78.9 Å². The molecule has 0 saturated carbocycles. The van der Waals surface area contributed by atoms with Gasteiger partial charge in [-0.15, -0.1) is 0 Å². The molecule has 4 rings (SSSR count). The zero-order valence-corrected chi connectivity index (χ0v) is 19.7. The molecule has 7 heteroatoms. The Morgan fingerprint density at radius 1 is 0.800 bits per heavy atom. The normalized spacial score (nSPS) is 13.4. The zero-order chi connectivity index (χ0) is 24.8. The molecule has 0 unspecified atom stereocenters. The Labute approximate surface area is 204 Å². The molecule has 35 heavy (non-hydrogen) atoms. The number of halogens is 1. The van der Waals surface area contributed by atoms with E-state index in [4.69, 9.17) is 0 Å². The number of carbonyl (C=O) groups is 3. The van der Waals surface area contributed by atoms with Crippen LogP contribution in [0, 0.1) is 5.82 Å². The summed E-state index contributed by atoms with van der Waals surface area (Å²) in [7, 11) is 0. The summed E-state index contributed by atoms with van der Waals surface area (Å²) in [6.07, 6.45) is 0.247. The van der Waals surface area contributed by atoms with Crippen LogP contribution in [0.3, 0.4) is 0 Å². The first-order chi connectivity index (χ1) is 16.9. The maximum atomic E-state index is 13.8. The van der Waals surface area contributed by atoms with Crippen LogP contribution in [-0.4, -0.2) is 53.7 Å². The van der Waals surface area contributed by atoms with Crippen molar-refractivity contribution in [3.8, 4) is 0 Å². The van der Waals surface area contributed by atoms with Gasteiger partial charge < -0.3 is 14.7 Å². The van der Waals surface area contributed by atoms with Gasteiger partial charge in [0.2, 0.25) is 11.8 Å². The molecular weight excluding hydrogens is 445 g/mol. The lowest BCUT2D eigenvalue weighted by atomic mass is 10.1. The Balaban J connectivity index is 1.49. The Morgan fingerprint density at radius 3 is 2.09 bits per heavy atom. The van der Waals surface area contributed by atoms with Crippen molar-refractivity contribution in [2.24, 2.45) is 0 Å². The van der Waals surface area contributed by atoms with Gasteiger partial charge in [-0.25, -0.2) is 4.39 Å². The summed E-state index contributed by atoms with van der Waals surface area (Å²) in [5.41, 5.74) is 2.71. The highest BCUT2D eigenvalue weighted by Gasteiger charge is 2.23. The van der Waals surface area contributed by atoms with Gasteiger partial charge >= 0.3 is 0 Å². The van der Waals surface area contributed by atoms with Crippen molar-refractivity contribution in [3.63, 3.8) is 0 Å². The molecule has 0 radical (unpaired) electrons. The first kappa shape index (κ1) is 24.1. The highest BCUT2D eigenvalue weighted by atomic mass is 19.1. The third-order valence-corrected chi connectivity index (χ3v) is 6.18. The van der Waals surface area contributed by atoms with E-state index in [1.807, 2.05) is 54.6 Å². The number of hydrogen-bond donors (Lipinski definition) is 0. The molecule has 1 heterocycles. The second-order valence-electron chi connectivity index (χ2n) is 8.62.